The molecule has 1 unspecified atom stereocenters. The monoisotopic (exact) mass is 323 g/mol. The van der Waals surface area contributed by atoms with Crippen LogP contribution in [0.2, 0.25) is 0 Å². The summed E-state index contributed by atoms with van der Waals surface area (Å²) in [5.74, 6) is -0.0219. The first-order valence-electron chi connectivity index (χ1n) is 7.61. The summed E-state index contributed by atoms with van der Waals surface area (Å²) in [5, 5.41) is 2.72. The molecule has 1 atom stereocenters. The van der Waals surface area contributed by atoms with Crippen LogP contribution in [0.4, 0.5) is 0 Å². The van der Waals surface area contributed by atoms with Gasteiger partial charge in [0.05, 0.1) is 12.2 Å². The fourth-order valence-corrected chi connectivity index (χ4v) is 3.14. The maximum Gasteiger partial charge on any atom is 0.472 e. The van der Waals surface area contributed by atoms with E-state index in [2.05, 4.69) is 5.32 Å². The Morgan fingerprint density at radius 3 is 2.43 bits per heavy atom. The van der Waals surface area contributed by atoms with Crippen LogP contribution in [0, 0.1) is 0 Å². The maximum absolute atomic E-state index is 11.8. The van der Waals surface area contributed by atoms with Crippen molar-refractivity contribution in [3.63, 3.8) is 0 Å². The maximum atomic E-state index is 11.8. The molecule has 0 aromatic rings. The number of nitrogens with one attached hydrogen (secondary N) is 1. The van der Waals surface area contributed by atoms with Crippen LogP contribution in [0.15, 0.2) is 0 Å². The summed E-state index contributed by atoms with van der Waals surface area (Å²) in [6.07, 6.45) is 5.00. The summed E-state index contributed by atoms with van der Waals surface area (Å²) in [5.41, 5.74) is -0.655. The molecule has 0 saturated carbocycles. The third-order valence-corrected chi connectivity index (χ3v) is 4.15. The Morgan fingerprint density at radius 1 is 1.24 bits per heavy atom. The molecule has 21 heavy (non-hydrogen) atoms. The highest BCUT2D eigenvalue weighted by atomic mass is 31.2. The van der Waals surface area contributed by atoms with Gasteiger partial charge in [-0.05, 0) is 33.1 Å². The van der Waals surface area contributed by atoms with Gasteiger partial charge in [-0.1, -0.05) is 26.2 Å². The number of carbonyl (C=O) groups excluding carboxylic acids is 1. The van der Waals surface area contributed by atoms with Gasteiger partial charge in [0.1, 0.15) is 0 Å². The van der Waals surface area contributed by atoms with Crippen molar-refractivity contribution in [1.29, 1.82) is 0 Å². The smallest absolute Gasteiger partial charge is 0.356 e. The topological polar surface area (TPSA) is 84.9 Å². The lowest BCUT2D eigenvalue weighted by Crippen LogP contribution is -2.23. The Balaban J connectivity index is 3.71. The van der Waals surface area contributed by atoms with Crippen LogP contribution in [0.5, 0.6) is 0 Å². The SMILES string of the molecule is CCCC(C)(C)OP(=O)(O)OCCCCCCNC(C)=O. The van der Waals surface area contributed by atoms with Crippen LogP contribution in [0.3, 0.4) is 0 Å². The Labute approximate surface area is 128 Å². The standard InChI is InChI=1S/C14H30NO5P/c1-5-10-14(3,4)20-21(17,18)19-12-9-7-6-8-11-15-13(2)16/h5-12H2,1-4H3,(H,15,16)(H,17,18). The third-order valence-electron chi connectivity index (χ3n) is 2.91. The molecule has 0 radical (unpaired) electrons. The van der Waals surface area contributed by atoms with E-state index in [-0.39, 0.29) is 12.5 Å². The molecule has 0 aliphatic carbocycles. The van der Waals surface area contributed by atoms with Crippen LogP contribution >= 0.6 is 7.82 Å². The Morgan fingerprint density at radius 2 is 1.86 bits per heavy atom. The second kappa shape index (κ2) is 10.3. The van der Waals surface area contributed by atoms with E-state index in [0.29, 0.717) is 19.4 Å². The number of amides is 1. The Kier molecular flexibility index (Phi) is 10.1. The second-order valence-corrected chi connectivity index (χ2v) is 7.18. The largest absolute Gasteiger partial charge is 0.472 e. The first-order valence-corrected chi connectivity index (χ1v) is 9.10. The van der Waals surface area contributed by atoms with Gasteiger partial charge in [-0.2, -0.15) is 0 Å². The van der Waals surface area contributed by atoms with E-state index in [9.17, 15) is 14.3 Å². The number of phosphoric acid groups is 1. The quantitative estimate of drug-likeness (QED) is 0.425. The van der Waals surface area contributed by atoms with Gasteiger partial charge >= 0.3 is 7.82 Å². The highest BCUT2D eigenvalue weighted by Crippen LogP contribution is 2.48. The lowest BCUT2D eigenvalue weighted by Gasteiger charge is -2.26. The number of carbonyl (C=O) groups is 1. The van der Waals surface area contributed by atoms with Crippen molar-refractivity contribution in [1.82, 2.24) is 5.32 Å². The van der Waals surface area contributed by atoms with Crippen molar-refractivity contribution in [3.05, 3.63) is 0 Å². The molecule has 7 heteroatoms. The fourth-order valence-electron chi connectivity index (χ4n) is 2.01. The lowest BCUT2D eigenvalue weighted by molar-refractivity contribution is -0.118. The second-order valence-electron chi connectivity index (χ2n) is 5.80. The van der Waals surface area contributed by atoms with Crippen molar-refractivity contribution in [2.45, 2.75) is 71.8 Å². The van der Waals surface area contributed by atoms with E-state index >= 15 is 0 Å². The van der Waals surface area contributed by atoms with Crippen molar-refractivity contribution in [2.24, 2.45) is 0 Å². The molecule has 126 valence electrons. The molecule has 0 aliphatic heterocycles. The molecule has 6 nitrogen and oxygen atoms in total. The molecule has 0 aromatic carbocycles. The molecule has 0 heterocycles. The zero-order valence-electron chi connectivity index (χ0n) is 13.7. The van der Waals surface area contributed by atoms with Crippen LogP contribution < -0.4 is 5.32 Å². The molecule has 2 N–H and O–H groups in total. The van der Waals surface area contributed by atoms with Gasteiger partial charge in [0.25, 0.3) is 0 Å². The van der Waals surface area contributed by atoms with E-state index in [0.717, 1.165) is 25.7 Å². The first-order chi connectivity index (χ1) is 9.68. The minimum absolute atomic E-state index is 0.0219. The fraction of sp³-hybridized carbons (Fsp3) is 0.929. The predicted octanol–water partition coefficient (Wildman–Crippen LogP) is 3.40. The van der Waals surface area contributed by atoms with Crippen molar-refractivity contribution in [2.75, 3.05) is 13.2 Å². The summed E-state index contributed by atoms with van der Waals surface area (Å²) < 4.78 is 21.9. The van der Waals surface area contributed by atoms with Crippen molar-refractivity contribution >= 4 is 13.7 Å². The number of rotatable bonds is 12. The minimum atomic E-state index is -3.98. The van der Waals surface area contributed by atoms with Crippen LogP contribution in [0.1, 0.15) is 66.2 Å². The molecular weight excluding hydrogens is 293 g/mol. The van der Waals surface area contributed by atoms with Gasteiger partial charge in [-0.15, -0.1) is 0 Å². The molecule has 0 saturated heterocycles. The van der Waals surface area contributed by atoms with Crippen LogP contribution in [-0.2, 0) is 18.4 Å². The molecule has 0 bridgehead atoms. The molecule has 0 rings (SSSR count). The Hall–Kier alpha value is -0.420. The van der Waals surface area contributed by atoms with E-state index in [4.69, 9.17) is 9.05 Å². The molecule has 0 aliphatic rings. The molecule has 1 amide bonds. The van der Waals surface area contributed by atoms with Gasteiger partial charge in [-0.25, -0.2) is 4.57 Å². The highest BCUT2D eigenvalue weighted by molar-refractivity contribution is 7.47. The van der Waals surface area contributed by atoms with E-state index in [1.807, 2.05) is 6.92 Å². The highest BCUT2D eigenvalue weighted by Gasteiger charge is 2.31. The van der Waals surface area contributed by atoms with Crippen molar-refractivity contribution in [3.8, 4) is 0 Å². The Bertz CT molecular complexity index is 346. The van der Waals surface area contributed by atoms with Gasteiger partial charge < -0.3 is 10.2 Å². The summed E-state index contributed by atoms with van der Waals surface area (Å²) in [6, 6.07) is 0. The molecule has 0 aromatic heterocycles. The average molecular weight is 323 g/mol. The number of unbranched alkanes of at least 4 members (excludes halogenated alkanes) is 3. The minimum Gasteiger partial charge on any atom is -0.356 e. The van der Waals surface area contributed by atoms with Crippen LogP contribution in [0.25, 0.3) is 0 Å². The molecule has 0 fully saturated rings. The van der Waals surface area contributed by atoms with Gasteiger partial charge in [0, 0.05) is 13.5 Å². The number of hydrogen-bond acceptors (Lipinski definition) is 4. The van der Waals surface area contributed by atoms with E-state index in [1.165, 1.54) is 6.92 Å². The normalized spacial score (nSPS) is 14.7. The molecular formula is C14H30NO5P. The number of hydrogen-bond donors (Lipinski definition) is 2. The predicted molar refractivity (Wildman–Crippen MR) is 83.0 cm³/mol. The van der Waals surface area contributed by atoms with E-state index in [1.54, 1.807) is 13.8 Å². The summed E-state index contributed by atoms with van der Waals surface area (Å²) in [4.78, 5) is 20.3. The summed E-state index contributed by atoms with van der Waals surface area (Å²) in [7, 11) is -3.98. The summed E-state index contributed by atoms with van der Waals surface area (Å²) in [6.45, 7) is 7.93. The zero-order valence-corrected chi connectivity index (χ0v) is 14.6. The van der Waals surface area contributed by atoms with Gasteiger partial charge in [0.2, 0.25) is 5.91 Å². The first kappa shape index (κ1) is 20.6. The molecule has 0 spiro atoms. The summed E-state index contributed by atoms with van der Waals surface area (Å²) >= 11 is 0. The van der Waals surface area contributed by atoms with Crippen molar-refractivity contribution < 1.29 is 23.3 Å². The van der Waals surface area contributed by atoms with Gasteiger partial charge in [-0.3, -0.25) is 13.8 Å². The van der Waals surface area contributed by atoms with Crippen LogP contribution in [-0.4, -0.2) is 29.6 Å². The lowest BCUT2D eigenvalue weighted by atomic mass is 10.0. The average Bonchev–Trinajstić information content (AvgIpc) is 2.30. The zero-order chi connectivity index (χ0) is 16.4. The van der Waals surface area contributed by atoms with E-state index < -0.39 is 13.4 Å². The van der Waals surface area contributed by atoms with Gasteiger partial charge in [0.15, 0.2) is 0 Å². The number of phosphoric ester groups is 1. The third kappa shape index (κ3) is 13.0.